The minimum Gasteiger partial charge on any atom is -0.384 e. The molecule has 0 amide bonds. The fourth-order valence-corrected chi connectivity index (χ4v) is 0.525. The van der Waals surface area contributed by atoms with E-state index in [-0.39, 0.29) is 20.0 Å². The van der Waals surface area contributed by atoms with Gasteiger partial charge in [-0.3, -0.25) is 0 Å². The number of rotatable bonds is 5. The van der Waals surface area contributed by atoms with E-state index in [1.807, 2.05) is 0 Å². The summed E-state index contributed by atoms with van der Waals surface area (Å²) in [5.74, 6) is 10.5. The zero-order valence-electron chi connectivity index (χ0n) is 8.21. The first-order valence-corrected chi connectivity index (χ1v) is 4.08. The number of aliphatic hydroxyl groups is 1. The van der Waals surface area contributed by atoms with Crippen LogP contribution in [0.25, 0.3) is 0 Å². The number of hydrogen-bond acceptors (Lipinski definition) is 4. The summed E-state index contributed by atoms with van der Waals surface area (Å²) in [6.07, 6.45) is 0. The molecule has 0 saturated carbocycles. The van der Waals surface area contributed by atoms with Gasteiger partial charge in [-0.15, -0.1) is 0 Å². The summed E-state index contributed by atoms with van der Waals surface area (Å²) in [7, 11) is 1.58. The van der Waals surface area contributed by atoms with Crippen LogP contribution in [0.4, 0.5) is 0 Å². The molecule has 0 aliphatic rings. The van der Waals surface area contributed by atoms with Crippen molar-refractivity contribution in [2.45, 2.75) is 0 Å². The Hall–Kier alpha value is -1.04. The Bertz CT molecular complexity index is 228. The van der Waals surface area contributed by atoms with Crippen molar-refractivity contribution in [2.24, 2.45) is 0 Å². The highest BCUT2D eigenvalue weighted by Crippen LogP contribution is 1.76. The number of ether oxygens (including phenoxy) is 3. The lowest BCUT2D eigenvalue weighted by molar-refractivity contribution is -0.0295. The van der Waals surface area contributed by atoms with Crippen molar-refractivity contribution in [1.29, 1.82) is 0 Å². The Morgan fingerprint density at radius 1 is 0.929 bits per heavy atom. The van der Waals surface area contributed by atoms with Crippen molar-refractivity contribution >= 4 is 0 Å². The molecule has 1 N–H and O–H groups in total. The Balaban J connectivity index is 3.11. The topological polar surface area (TPSA) is 47.9 Å². The van der Waals surface area contributed by atoms with Crippen molar-refractivity contribution in [1.82, 2.24) is 0 Å². The standard InChI is InChI=1S/C10H14O4/c1-12-7-4-5-9-14-10-13-8-3-2-6-11/h11H,6-10H2,1H3. The molecule has 0 aliphatic heterocycles. The predicted molar refractivity (Wildman–Crippen MR) is 51.3 cm³/mol. The molecule has 0 bridgehead atoms. The van der Waals surface area contributed by atoms with Crippen LogP contribution in [0.15, 0.2) is 0 Å². The quantitative estimate of drug-likeness (QED) is 0.372. The molecule has 0 aliphatic carbocycles. The second kappa shape index (κ2) is 12.0. The Morgan fingerprint density at radius 2 is 1.50 bits per heavy atom. The second-order valence-electron chi connectivity index (χ2n) is 2.11. The highest BCUT2D eigenvalue weighted by atomic mass is 16.7. The lowest BCUT2D eigenvalue weighted by Gasteiger charge is -1.97. The maximum Gasteiger partial charge on any atom is 0.149 e. The number of methoxy groups -OCH3 is 1. The summed E-state index contributed by atoms with van der Waals surface area (Å²) in [6.45, 7) is 0.990. The highest BCUT2D eigenvalue weighted by Gasteiger charge is 1.82. The third kappa shape index (κ3) is 11.0. The van der Waals surface area contributed by atoms with Gasteiger partial charge < -0.3 is 19.3 Å². The van der Waals surface area contributed by atoms with E-state index >= 15 is 0 Å². The van der Waals surface area contributed by atoms with Gasteiger partial charge in [-0.25, -0.2) is 0 Å². The van der Waals surface area contributed by atoms with E-state index in [0.29, 0.717) is 13.2 Å². The number of aliphatic hydroxyl groups excluding tert-OH is 1. The smallest absolute Gasteiger partial charge is 0.149 e. The van der Waals surface area contributed by atoms with E-state index in [4.69, 9.17) is 19.3 Å². The molecule has 0 unspecified atom stereocenters. The van der Waals surface area contributed by atoms with Gasteiger partial charge >= 0.3 is 0 Å². The van der Waals surface area contributed by atoms with Crippen molar-refractivity contribution in [3.8, 4) is 23.7 Å². The minimum atomic E-state index is -0.146. The monoisotopic (exact) mass is 198 g/mol. The Labute approximate surface area is 84.2 Å². The van der Waals surface area contributed by atoms with Crippen LogP contribution < -0.4 is 0 Å². The van der Waals surface area contributed by atoms with Gasteiger partial charge in [0.05, 0.1) is 0 Å². The fraction of sp³-hybridized carbons (Fsp3) is 0.600. The molecule has 0 rings (SSSR count). The maximum absolute atomic E-state index is 8.30. The van der Waals surface area contributed by atoms with Crippen molar-refractivity contribution in [3.05, 3.63) is 0 Å². The maximum atomic E-state index is 8.30. The first kappa shape index (κ1) is 13.0. The molecule has 0 aromatic heterocycles. The largest absolute Gasteiger partial charge is 0.384 e. The van der Waals surface area contributed by atoms with Gasteiger partial charge in [0.15, 0.2) is 0 Å². The highest BCUT2D eigenvalue weighted by molar-refractivity contribution is 4.99. The summed E-state index contributed by atoms with van der Waals surface area (Å²) in [5.41, 5.74) is 0. The van der Waals surface area contributed by atoms with Gasteiger partial charge in [0.2, 0.25) is 0 Å². The molecule has 0 aromatic rings. The van der Waals surface area contributed by atoms with Gasteiger partial charge in [0.1, 0.15) is 33.2 Å². The average molecular weight is 198 g/mol. The molecule has 14 heavy (non-hydrogen) atoms. The van der Waals surface area contributed by atoms with Crippen LogP contribution in [-0.4, -0.2) is 45.4 Å². The molecule has 78 valence electrons. The molecular formula is C10H14O4. The molecule has 0 heterocycles. The van der Waals surface area contributed by atoms with Crippen molar-refractivity contribution in [3.63, 3.8) is 0 Å². The van der Waals surface area contributed by atoms with Crippen molar-refractivity contribution in [2.75, 3.05) is 40.3 Å². The normalized spacial score (nSPS) is 8.43. The molecule has 0 aromatic carbocycles. The molecule has 0 spiro atoms. The van der Waals surface area contributed by atoms with Gasteiger partial charge in [0, 0.05) is 7.11 Å². The van der Waals surface area contributed by atoms with Crippen LogP contribution in [0.3, 0.4) is 0 Å². The minimum absolute atomic E-state index is 0.146. The van der Waals surface area contributed by atoms with Crippen LogP contribution in [0.2, 0.25) is 0 Å². The summed E-state index contributed by atoms with van der Waals surface area (Å²) >= 11 is 0. The molecule has 0 fully saturated rings. The van der Waals surface area contributed by atoms with E-state index in [2.05, 4.69) is 23.7 Å². The third-order valence-corrected chi connectivity index (χ3v) is 1.06. The van der Waals surface area contributed by atoms with E-state index in [1.54, 1.807) is 7.11 Å². The van der Waals surface area contributed by atoms with Crippen LogP contribution in [-0.2, 0) is 14.2 Å². The summed E-state index contributed by atoms with van der Waals surface area (Å²) in [4.78, 5) is 0. The zero-order chi connectivity index (χ0) is 10.5. The SMILES string of the molecule is COCC#CCOCOCC#CCO. The van der Waals surface area contributed by atoms with Crippen LogP contribution >= 0.6 is 0 Å². The number of hydrogen-bond donors (Lipinski definition) is 1. The molecule has 4 nitrogen and oxygen atoms in total. The summed E-state index contributed by atoms with van der Waals surface area (Å²) in [5, 5.41) is 8.30. The molecule has 0 saturated heterocycles. The molecular weight excluding hydrogens is 184 g/mol. The van der Waals surface area contributed by atoms with Crippen LogP contribution in [0.1, 0.15) is 0 Å². The summed E-state index contributed by atoms with van der Waals surface area (Å²) in [6, 6.07) is 0. The Morgan fingerprint density at radius 3 is 2.07 bits per heavy atom. The van der Waals surface area contributed by atoms with E-state index in [1.165, 1.54) is 0 Å². The zero-order valence-corrected chi connectivity index (χ0v) is 8.21. The third-order valence-electron chi connectivity index (χ3n) is 1.06. The average Bonchev–Trinajstić information content (AvgIpc) is 2.21. The van der Waals surface area contributed by atoms with E-state index in [9.17, 15) is 0 Å². The first-order valence-electron chi connectivity index (χ1n) is 4.08. The lowest BCUT2D eigenvalue weighted by Crippen LogP contribution is -2.00. The molecule has 4 heteroatoms. The molecule has 0 atom stereocenters. The fourth-order valence-electron chi connectivity index (χ4n) is 0.525. The van der Waals surface area contributed by atoms with Gasteiger partial charge in [-0.1, -0.05) is 23.7 Å². The van der Waals surface area contributed by atoms with Gasteiger partial charge in [0.25, 0.3) is 0 Å². The Kier molecular flexibility index (Phi) is 11.1. The van der Waals surface area contributed by atoms with Crippen LogP contribution in [0.5, 0.6) is 0 Å². The second-order valence-corrected chi connectivity index (χ2v) is 2.11. The van der Waals surface area contributed by atoms with E-state index in [0.717, 1.165) is 0 Å². The van der Waals surface area contributed by atoms with E-state index < -0.39 is 0 Å². The predicted octanol–water partition coefficient (Wildman–Crippen LogP) is -0.377. The lowest BCUT2D eigenvalue weighted by atomic mass is 10.6. The van der Waals surface area contributed by atoms with Crippen molar-refractivity contribution < 1.29 is 19.3 Å². The van der Waals surface area contributed by atoms with Gasteiger partial charge in [-0.05, 0) is 0 Å². The molecule has 0 radical (unpaired) electrons. The summed E-state index contributed by atoms with van der Waals surface area (Å²) < 4.78 is 14.6. The first-order chi connectivity index (χ1) is 6.91. The van der Waals surface area contributed by atoms with Gasteiger partial charge in [-0.2, -0.15) is 0 Å². The van der Waals surface area contributed by atoms with Crippen LogP contribution in [0, 0.1) is 23.7 Å².